The molecule has 0 fully saturated rings. The number of carbonyl (C=O) groups excluding carboxylic acids is 2. The number of carboxylic acids is 1. The molecule has 0 heterocycles. The minimum Gasteiger partial charge on any atom is -0.481 e. The summed E-state index contributed by atoms with van der Waals surface area (Å²) in [4.78, 5) is 31.6. The maximum Gasteiger partial charge on any atom is 0.304 e. The lowest BCUT2D eigenvalue weighted by Crippen LogP contribution is -2.28. The van der Waals surface area contributed by atoms with Gasteiger partial charge in [0, 0.05) is 20.6 Å². The number of aliphatic carboxylic acids is 1. The highest BCUT2D eigenvalue weighted by Gasteiger charge is 2.24. The Bertz CT molecular complexity index is 313. The minimum atomic E-state index is -0.973. The third kappa shape index (κ3) is 11.8. The predicted octanol–water partition coefficient (Wildman–Crippen LogP) is 1.70. The van der Waals surface area contributed by atoms with Crippen LogP contribution in [-0.2, 0) is 23.9 Å². The molecule has 6 nitrogen and oxygen atoms in total. The highest BCUT2D eigenvalue weighted by molar-refractivity contribution is 5.83. The molecule has 0 aliphatic heterocycles. The fourth-order valence-electron chi connectivity index (χ4n) is 1.48. The second-order valence-electron chi connectivity index (χ2n) is 4.71. The summed E-state index contributed by atoms with van der Waals surface area (Å²) in [6.45, 7) is 6.51. The molecule has 0 aromatic carbocycles. The first-order valence-corrected chi connectivity index (χ1v) is 6.42. The molecule has 0 rings (SSSR count). The monoisotopic (exact) mass is 290 g/mol. The molecule has 0 amide bonds. The van der Waals surface area contributed by atoms with Crippen LogP contribution in [0.4, 0.5) is 0 Å². The van der Waals surface area contributed by atoms with Crippen LogP contribution in [0.25, 0.3) is 0 Å². The molecular formula is C14H26O6. The molecule has 0 saturated heterocycles. The lowest BCUT2D eigenvalue weighted by molar-refractivity contribution is -0.142. The summed E-state index contributed by atoms with van der Waals surface area (Å²) >= 11 is 0. The van der Waals surface area contributed by atoms with Gasteiger partial charge in [-0.15, -0.1) is 0 Å². The van der Waals surface area contributed by atoms with E-state index in [1.54, 1.807) is 21.0 Å². The highest BCUT2D eigenvalue weighted by atomic mass is 16.5. The van der Waals surface area contributed by atoms with E-state index in [1.165, 1.54) is 14.0 Å². The lowest BCUT2D eigenvalue weighted by atomic mass is 9.96. The number of carbonyl (C=O) groups is 3. The Morgan fingerprint density at radius 3 is 1.70 bits per heavy atom. The van der Waals surface area contributed by atoms with Crippen LogP contribution < -0.4 is 0 Å². The molecule has 0 aromatic heterocycles. The van der Waals surface area contributed by atoms with Gasteiger partial charge in [0.25, 0.3) is 0 Å². The van der Waals surface area contributed by atoms with Gasteiger partial charge in [-0.25, -0.2) is 0 Å². The number of ether oxygens (including phenoxy) is 2. The lowest BCUT2D eigenvalue weighted by Gasteiger charge is -2.17. The van der Waals surface area contributed by atoms with Crippen molar-refractivity contribution in [2.24, 2.45) is 5.92 Å². The summed E-state index contributed by atoms with van der Waals surface area (Å²) in [6.07, 6.45) is 0.104. The number of ketones is 2. The van der Waals surface area contributed by atoms with Crippen molar-refractivity contribution in [1.29, 1.82) is 0 Å². The van der Waals surface area contributed by atoms with Crippen LogP contribution in [0.5, 0.6) is 0 Å². The van der Waals surface area contributed by atoms with Gasteiger partial charge >= 0.3 is 5.97 Å². The van der Waals surface area contributed by atoms with Crippen LogP contribution in [0.3, 0.4) is 0 Å². The fourth-order valence-corrected chi connectivity index (χ4v) is 1.48. The van der Waals surface area contributed by atoms with Crippen LogP contribution in [-0.4, -0.2) is 49.1 Å². The van der Waals surface area contributed by atoms with E-state index in [0.717, 1.165) is 0 Å². The normalized spacial score (nSPS) is 14.5. The maximum atomic E-state index is 10.9. The molecule has 118 valence electrons. The highest BCUT2D eigenvalue weighted by Crippen LogP contribution is 2.12. The third-order valence-corrected chi connectivity index (χ3v) is 2.83. The molecular weight excluding hydrogens is 264 g/mol. The average Bonchev–Trinajstić information content (AvgIpc) is 2.34. The Morgan fingerprint density at radius 1 is 1.00 bits per heavy atom. The van der Waals surface area contributed by atoms with Crippen molar-refractivity contribution >= 4 is 17.5 Å². The van der Waals surface area contributed by atoms with E-state index in [0.29, 0.717) is 6.42 Å². The van der Waals surface area contributed by atoms with Crippen molar-refractivity contribution in [2.75, 3.05) is 14.2 Å². The van der Waals surface area contributed by atoms with Crippen molar-refractivity contribution in [2.45, 2.75) is 52.7 Å². The SMILES string of the molecule is COC(C)C(CC(=O)O)C(C)=O.COC(C)CC(C)=O. The maximum absolute atomic E-state index is 10.9. The summed E-state index contributed by atoms with van der Waals surface area (Å²) < 4.78 is 9.73. The molecule has 1 N–H and O–H groups in total. The standard InChI is InChI=1S/C8H14O4.C6H12O2/c1-5(9)7(4-8(10)11)6(2)12-3;1-5(7)4-6(2)8-3/h6-7H,4H2,1-3H3,(H,10,11);6H,4H2,1-3H3. The van der Waals surface area contributed by atoms with Gasteiger partial charge in [-0.2, -0.15) is 0 Å². The zero-order valence-corrected chi connectivity index (χ0v) is 13.1. The summed E-state index contributed by atoms with van der Waals surface area (Å²) in [5, 5.41) is 8.47. The van der Waals surface area contributed by atoms with Crippen molar-refractivity contribution in [1.82, 2.24) is 0 Å². The molecule has 3 atom stereocenters. The molecule has 0 spiro atoms. The van der Waals surface area contributed by atoms with Crippen molar-refractivity contribution in [3.8, 4) is 0 Å². The van der Waals surface area contributed by atoms with Gasteiger partial charge in [-0.3, -0.25) is 14.4 Å². The summed E-state index contributed by atoms with van der Waals surface area (Å²) in [5.74, 6) is -1.47. The third-order valence-electron chi connectivity index (χ3n) is 2.83. The number of Topliss-reactive ketones (excluding diaryl/α,β-unsaturated/α-hetero) is 2. The van der Waals surface area contributed by atoms with Crippen LogP contribution in [0.2, 0.25) is 0 Å². The molecule has 0 saturated carbocycles. The topological polar surface area (TPSA) is 89.9 Å². The van der Waals surface area contributed by atoms with E-state index in [1.807, 2.05) is 6.92 Å². The first kappa shape index (κ1) is 21.0. The zero-order chi connectivity index (χ0) is 16.3. The Kier molecular flexibility index (Phi) is 12.1. The van der Waals surface area contributed by atoms with Gasteiger partial charge < -0.3 is 14.6 Å². The first-order valence-electron chi connectivity index (χ1n) is 6.42. The fraction of sp³-hybridized carbons (Fsp3) is 0.786. The van der Waals surface area contributed by atoms with Crippen LogP contribution in [0, 0.1) is 5.92 Å². The van der Waals surface area contributed by atoms with Gasteiger partial charge in [0.05, 0.1) is 24.5 Å². The van der Waals surface area contributed by atoms with E-state index in [9.17, 15) is 14.4 Å². The second-order valence-corrected chi connectivity index (χ2v) is 4.71. The molecule has 6 heteroatoms. The smallest absolute Gasteiger partial charge is 0.304 e. The Balaban J connectivity index is 0. The molecule has 20 heavy (non-hydrogen) atoms. The van der Waals surface area contributed by atoms with Crippen molar-refractivity contribution < 1.29 is 29.0 Å². The number of carboxylic acid groups (broad SMARTS) is 1. The van der Waals surface area contributed by atoms with Crippen molar-refractivity contribution in [3.63, 3.8) is 0 Å². The number of methoxy groups -OCH3 is 2. The van der Waals surface area contributed by atoms with Gasteiger partial charge in [-0.05, 0) is 27.7 Å². The van der Waals surface area contributed by atoms with Gasteiger partial charge in [0.1, 0.15) is 11.6 Å². The quantitative estimate of drug-likeness (QED) is 0.731. The van der Waals surface area contributed by atoms with E-state index in [-0.39, 0.29) is 30.2 Å². The van der Waals surface area contributed by atoms with E-state index >= 15 is 0 Å². The number of hydrogen-bond donors (Lipinski definition) is 1. The first-order chi connectivity index (χ1) is 9.15. The van der Waals surface area contributed by atoms with Crippen LogP contribution in [0.1, 0.15) is 40.5 Å². The second kappa shape index (κ2) is 11.5. The van der Waals surface area contributed by atoms with Crippen LogP contribution in [0.15, 0.2) is 0 Å². The van der Waals surface area contributed by atoms with Gasteiger partial charge in [0.15, 0.2) is 0 Å². The van der Waals surface area contributed by atoms with Crippen molar-refractivity contribution in [3.05, 3.63) is 0 Å². The van der Waals surface area contributed by atoms with E-state index < -0.39 is 11.9 Å². The Labute approximate surface area is 120 Å². The minimum absolute atomic E-state index is 0.0764. The summed E-state index contributed by atoms with van der Waals surface area (Å²) in [5.41, 5.74) is 0. The average molecular weight is 290 g/mol. The number of hydrogen-bond acceptors (Lipinski definition) is 5. The summed E-state index contributed by atoms with van der Waals surface area (Å²) in [7, 11) is 3.07. The molecule has 3 unspecified atom stereocenters. The molecule has 0 bridgehead atoms. The van der Waals surface area contributed by atoms with Crippen LogP contribution >= 0.6 is 0 Å². The predicted molar refractivity (Wildman–Crippen MR) is 74.7 cm³/mol. The summed E-state index contributed by atoms with van der Waals surface area (Å²) in [6, 6.07) is 0. The number of rotatable bonds is 8. The Hall–Kier alpha value is -1.27. The van der Waals surface area contributed by atoms with E-state index in [2.05, 4.69) is 0 Å². The van der Waals surface area contributed by atoms with Gasteiger partial charge in [-0.1, -0.05) is 0 Å². The molecule has 0 radical (unpaired) electrons. The van der Waals surface area contributed by atoms with Gasteiger partial charge in [0.2, 0.25) is 0 Å². The molecule has 0 aromatic rings. The largest absolute Gasteiger partial charge is 0.481 e. The van der Waals surface area contributed by atoms with E-state index in [4.69, 9.17) is 14.6 Å². The Morgan fingerprint density at radius 2 is 1.50 bits per heavy atom. The zero-order valence-electron chi connectivity index (χ0n) is 13.1. The molecule has 0 aliphatic carbocycles. The molecule has 0 aliphatic rings.